The van der Waals surface area contributed by atoms with E-state index >= 15 is 0 Å². The Balaban J connectivity index is -0.00000226. The molecule has 0 rings (SSSR count). The van der Waals surface area contributed by atoms with Crippen LogP contribution in [0.5, 0.6) is 0 Å². The summed E-state index contributed by atoms with van der Waals surface area (Å²) in [7, 11) is 0. The Morgan fingerprint density at radius 2 is 0.458 bits per heavy atom. The molecule has 0 spiro atoms. The van der Waals surface area contributed by atoms with Crippen molar-refractivity contribution in [3.05, 3.63) is 0 Å². The lowest BCUT2D eigenvalue weighted by atomic mass is 10.0. The Morgan fingerprint density at radius 3 is 0.625 bits per heavy atom. The van der Waals surface area contributed by atoms with E-state index in [1.807, 2.05) is 0 Å². The molecule has 6 heteroatoms. The molecule has 0 aliphatic carbocycles. The van der Waals surface area contributed by atoms with Crippen LogP contribution in [0.4, 0.5) is 0 Å². The number of hydrogen-bond acceptors (Lipinski definition) is 4. The molecule has 0 saturated heterocycles. The van der Waals surface area contributed by atoms with Gasteiger partial charge >= 0.3 is 0 Å². The number of carboxylic acid groups (broad SMARTS) is 2. The molecule has 0 heterocycles. The van der Waals surface area contributed by atoms with Crippen LogP contribution in [0.2, 0.25) is 0 Å². The molecule has 0 aromatic carbocycles. The van der Waals surface area contributed by atoms with Crippen LogP contribution in [0.3, 0.4) is 0 Å². The molecule has 0 unspecified atom stereocenters. The van der Waals surface area contributed by atoms with Crippen LogP contribution in [-0.2, 0) is 9.59 Å². The van der Waals surface area contributed by atoms with Crippen LogP contribution in [-0.4, -0.2) is 48.3 Å². The number of hydrogen-bond donors (Lipinski definition) is 4. The maximum atomic E-state index is 9.00. The average molecular weight is 685 g/mol. The van der Waals surface area contributed by atoms with Gasteiger partial charge in [0.15, 0.2) is 0 Å². The highest BCUT2D eigenvalue weighted by atomic mass is 16.4. The van der Waals surface area contributed by atoms with Crippen molar-refractivity contribution in [2.24, 2.45) is 0 Å². The second-order valence-electron chi connectivity index (χ2n) is 14.1. The molecule has 0 radical (unpaired) electrons. The summed E-state index contributed by atoms with van der Waals surface area (Å²) in [6, 6.07) is 0. The standard InChI is InChI=1S/C38H80N2.2C2H4O2/c1-3-5-7-9-11-13-15-17-19-21-23-25-27-29-31-33-35-39-37-38-40-36-34-32-30-28-26-24-22-20-18-16-14-12-10-8-6-4-2;2*1-2(3)4/h39-40H,3-38H2,1-2H3;2*1H3,(H,3,4). The van der Waals surface area contributed by atoms with E-state index in [1.165, 1.54) is 219 Å². The van der Waals surface area contributed by atoms with Crippen LogP contribution in [0, 0.1) is 0 Å². The highest BCUT2D eigenvalue weighted by Gasteiger charge is 1.97. The van der Waals surface area contributed by atoms with Gasteiger partial charge in [-0.15, -0.1) is 0 Å². The summed E-state index contributed by atoms with van der Waals surface area (Å²) < 4.78 is 0. The molecule has 4 N–H and O–H groups in total. The molecule has 6 nitrogen and oxygen atoms in total. The predicted molar refractivity (Wildman–Crippen MR) is 211 cm³/mol. The average Bonchev–Trinajstić information content (AvgIpc) is 3.04. The molecule has 0 atom stereocenters. The number of carboxylic acids is 2. The first-order chi connectivity index (χ1) is 23.4. The number of aliphatic carboxylic acids is 2. The molecule has 290 valence electrons. The van der Waals surface area contributed by atoms with Gasteiger partial charge in [-0.25, -0.2) is 0 Å². The van der Waals surface area contributed by atoms with Crippen molar-refractivity contribution in [1.82, 2.24) is 10.6 Å². The lowest BCUT2D eigenvalue weighted by Gasteiger charge is -2.07. The zero-order chi connectivity index (χ0) is 36.0. The van der Waals surface area contributed by atoms with E-state index in [1.54, 1.807) is 0 Å². The first-order valence-electron chi connectivity index (χ1n) is 21.2. The minimum atomic E-state index is -0.833. The quantitative estimate of drug-likeness (QED) is 0.0486. The summed E-state index contributed by atoms with van der Waals surface area (Å²) in [5.41, 5.74) is 0. The van der Waals surface area contributed by atoms with Gasteiger partial charge in [0.25, 0.3) is 11.9 Å². The molecule has 0 aliphatic rings. The van der Waals surface area contributed by atoms with Gasteiger partial charge in [-0.2, -0.15) is 0 Å². The molecular weight excluding hydrogens is 596 g/mol. The summed E-state index contributed by atoms with van der Waals surface area (Å²) in [6.45, 7) is 11.5. The normalized spacial score (nSPS) is 10.7. The second-order valence-corrected chi connectivity index (χ2v) is 14.1. The third kappa shape index (κ3) is 67.1. The van der Waals surface area contributed by atoms with E-state index in [9.17, 15) is 0 Å². The van der Waals surface area contributed by atoms with Crippen molar-refractivity contribution in [1.29, 1.82) is 0 Å². The molecule has 0 aromatic heterocycles. The predicted octanol–water partition coefficient (Wildman–Crippen LogP) is 12.9. The van der Waals surface area contributed by atoms with Gasteiger partial charge < -0.3 is 20.8 Å². The molecule has 0 saturated carbocycles. The van der Waals surface area contributed by atoms with Gasteiger partial charge in [-0.3, -0.25) is 9.59 Å². The Morgan fingerprint density at radius 1 is 0.312 bits per heavy atom. The Bertz CT molecular complexity index is 530. The van der Waals surface area contributed by atoms with Crippen molar-refractivity contribution in [3.63, 3.8) is 0 Å². The van der Waals surface area contributed by atoms with E-state index in [0.29, 0.717) is 0 Å². The van der Waals surface area contributed by atoms with Crippen LogP contribution in [0.25, 0.3) is 0 Å². The summed E-state index contributed by atoms with van der Waals surface area (Å²) in [5, 5.41) is 22.1. The molecule has 0 aromatic rings. The van der Waals surface area contributed by atoms with E-state index in [2.05, 4.69) is 24.5 Å². The number of nitrogens with one attached hydrogen (secondary N) is 2. The minimum absolute atomic E-state index is 0.833. The molecular formula is C42H88N2O4. The molecule has 0 amide bonds. The van der Waals surface area contributed by atoms with Crippen molar-refractivity contribution in [3.8, 4) is 0 Å². The van der Waals surface area contributed by atoms with Gasteiger partial charge in [0.2, 0.25) is 0 Å². The Labute approximate surface area is 301 Å². The van der Waals surface area contributed by atoms with Crippen LogP contribution in [0.1, 0.15) is 233 Å². The topological polar surface area (TPSA) is 98.7 Å². The van der Waals surface area contributed by atoms with Gasteiger partial charge in [-0.05, 0) is 25.9 Å². The third-order valence-corrected chi connectivity index (χ3v) is 8.89. The lowest BCUT2D eigenvalue weighted by molar-refractivity contribution is -0.135. The monoisotopic (exact) mass is 685 g/mol. The zero-order valence-electron chi connectivity index (χ0n) is 33.2. The van der Waals surface area contributed by atoms with Crippen LogP contribution in [0.15, 0.2) is 0 Å². The van der Waals surface area contributed by atoms with E-state index in [-0.39, 0.29) is 0 Å². The van der Waals surface area contributed by atoms with Gasteiger partial charge in [-0.1, -0.05) is 206 Å². The van der Waals surface area contributed by atoms with Crippen molar-refractivity contribution < 1.29 is 19.8 Å². The smallest absolute Gasteiger partial charge is 0.300 e. The molecule has 0 aliphatic heterocycles. The highest BCUT2D eigenvalue weighted by molar-refractivity contribution is 5.63. The fraction of sp³-hybridized carbons (Fsp3) is 0.952. The number of carbonyl (C=O) groups is 2. The Kier molecular flexibility index (Phi) is 53.6. The second kappa shape index (κ2) is 50.2. The highest BCUT2D eigenvalue weighted by Crippen LogP contribution is 2.15. The first-order valence-corrected chi connectivity index (χ1v) is 21.2. The van der Waals surface area contributed by atoms with E-state index in [0.717, 1.165) is 26.9 Å². The molecule has 0 bridgehead atoms. The van der Waals surface area contributed by atoms with Crippen LogP contribution < -0.4 is 10.6 Å². The summed E-state index contributed by atoms with van der Waals surface area (Å²) in [6.07, 6.45) is 46.4. The zero-order valence-corrected chi connectivity index (χ0v) is 33.2. The maximum Gasteiger partial charge on any atom is 0.300 e. The van der Waals surface area contributed by atoms with Gasteiger partial charge in [0, 0.05) is 26.9 Å². The largest absolute Gasteiger partial charge is 0.481 e. The van der Waals surface area contributed by atoms with Gasteiger partial charge in [0.1, 0.15) is 0 Å². The molecule has 0 fully saturated rings. The SMILES string of the molecule is CC(=O)O.CC(=O)O.CCCCCCCCCCCCCCCCCCNCCNCCCCCCCCCCCCCCCCCC. The number of unbranched alkanes of at least 4 members (excludes halogenated alkanes) is 30. The van der Waals surface area contributed by atoms with E-state index in [4.69, 9.17) is 19.8 Å². The van der Waals surface area contributed by atoms with Gasteiger partial charge in [0.05, 0.1) is 0 Å². The van der Waals surface area contributed by atoms with Crippen LogP contribution >= 0.6 is 0 Å². The lowest BCUT2D eigenvalue weighted by Crippen LogP contribution is -2.28. The maximum absolute atomic E-state index is 9.00. The molecule has 48 heavy (non-hydrogen) atoms. The summed E-state index contributed by atoms with van der Waals surface area (Å²) in [5.74, 6) is -1.67. The first kappa shape index (κ1) is 51.2. The summed E-state index contributed by atoms with van der Waals surface area (Å²) >= 11 is 0. The summed E-state index contributed by atoms with van der Waals surface area (Å²) in [4.78, 5) is 18.0. The van der Waals surface area contributed by atoms with Crippen molar-refractivity contribution in [2.75, 3.05) is 26.2 Å². The third-order valence-electron chi connectivity index (χ3n) is 8.89. The van der Waals surface area contributed by atoms with Crippen molar-refractivity contribution in [2.45, 2.75) is 233 Å². The Hall–Kier alpha value is -1.14. The fourth-order valence-corrected chi connectivity index (χ4v) is 6.02. The number of rotatable bonds is 37. The minimum Gasteiger partial charge on any atom is -0.481 e. The van der Waals surface area contributed by atoms with Crippen molar-refractivity contribution >= 4 is 11.9 Å². The van der Waals surface area contributed by atoms with E-state index < -0.39 is 11.9 Å². The fourth-order valence-electron chi connectivity index (χ4n) is 6.02.